The second kappa shape index (κ2) is 26.5. The molecule has 2 saturated heterocycles. The number of likely N-dealkylation sites (N-methyl/N-ethyl adjacent to an activating group) is 4. The van der Waals surface area contributed by atoms with Crippen LogP contribution in [-0.4, -0.2) is 179 Å². The molecule has 2 fully saturated rings. The van der Waals surface area contributed by atoms with E-state index in [4.69, 9.17) is 4.74 Å². The number of nitrogens with one attached hydrogen (secondary N) is 3. The van der Waals surface area contributed by atoms with Crippen LogP contribution in [0.1, 0.15) is 98.6 Å². The van der Waals surface area contributed by atoms with E-state index in [1.807, 2.05) is 51.1 Å². The van der Waals surface area contributed by atoms with Crippen LogP contribution in [0.15, 0.2) is 60.7 Å². The van der Waals surface area contributed by atoms with Crippen LogP contribution >= 0.6 is 0 Å². The van der Waals surface area contributed by atoms with Gasteiger partial charge in [0.05, 0.1) is 18.7 Å². The van der Waals surface area contributed by atoms with E-state index >= 15 is 4.79 Å². The Kier molecular flexibility index (Phi) is 21.5. The highest BCUT2D eigenvalue weighted by molar-refractivity contribution is 5.98. The predicted octanol–water partition coefficient (Wildman–Crippen LogP) is 2.32. The molecular weight excluding hydrogens is 937 g/mol. The number of aliphatic hydroxyl groups is 1. The first-order chi connectivity index (χ1) is 34.3. The summed E-state index contributed by atoms with van der Waals surface area (Å²) in [7, 11) is 5.50. The molecule has 2 aromatic rings. The standard InChI is InChI=1S/C54H80N8O11/c1-13-34(5)44-51(69)58(9)31-42(63)55-38(28-33(3)4)49(67)61(12)46(54(7,8)72)53(71)73-45(35(6)14-2)52(70)59(10)32-43(64)56-39(29-36-22-17-15-18-23-36)48(66)60(11)41(30-37-24-19-16-20-25-37)50(68)62-27-21-26-40(62)47(65)57-44/h15-20,22-25,33-35,38-41,44-46,72H,13-14,21,26-32H2,1-12H3,(H,55,63)(H,56,64)(H,57,65)/t34?,35-,38?,39?,40+,41+,44+,45?,46?/m1/s1. The highest BCUT2D eigenvalue weighted by Gasteiger charge is 2.46. The third kappa shape index (κ3) is 15.8. The summed E-state index contributed by atoms with van der Waals surface area (Å²) in [5.74, 6) is -7.59. The minimum atomic E-state index is -1.94. The Hall–Kier alpha value is -6.37. The van der Waals surface area contributed by atoms with E-state index in [0.29, 0.717) is 24.8 Å². The zero-order valence-corrected chi connectivity index (χ0v) is 44.9. The summed E-state index contributed by atoms with van der Waals surface area (Å²) in [6.07, 6.45) is 0.205. The summed E-state index contributed by atoms with van der Waals surface area (Å²) in [5, 5.41) is 19.9. The molecule has 0 saturated carbocycles. The number of carbonyl (C=O) groups is 9. The Labute approximate surface area is 431 Å². The number of hydrogen-bond donors (Lipinski definition) is 4. The molecular formula is C54H80N8O11. The van der Waals surface area contributed by atoms with Gasteiger partial charge in [-0.15, -0.1) is 0 Å². The Balaban J connectivity index is 1.86. The zero-order valence-electron chi connectivity index (χ0n) is 44.9. The molecule has 9 atom stereocenters. The van der Waals surface area contributed by atoms with Crippen molar-refractivity contribution in [3.63, 3.8) is 0 Å². The molecule has 0 bridgehead atoms. The Morgan fingerprint density at radius 2 is 1.15 bits per heavy atom. The van der Waals surface area contributed by atoms with Gasteiger partial charge in [-0.2, -0.15) is 0 Å². The van der Waals surface area contributed by atoms with Crippen LogP contribution in [0.25, 0.3) is 0 Å². The Bertz CT molecular complexity index is 2260. The number of hydrogen-bond acceptors (Lipinski definition) is 11. The molecule has 2 aromatic carbocycles. The number of nitrogens with zero attached hydrogens (tertiary/aromatic N) is 5. The molecule has 73 heavy (non-hydrogen) atoms. The Morgan fingerprint density at radius 3 is 1.67 bits per heavy atom. The number of esters is 1. The first-order valence-electron chi connectivity index (χ1n) is 25.5. The van der Waals surface area contributed by atoms with Crippen LogP contribution in [0.5, 0.6) is 0 Å². The average molecular weight is 1020 g/mol. The minimum Gasteiger partial charge on any atom is -0.450 e. The Morgan fingerprint density at radius 1 is 0.644 bits per heavy atom. The van der Waals surface area contributed by atoms with Crippen LogP contribution < -0.4 is 16.0 Å². The van der Waals surface area contributed by atoms with E-state index in [2.05, 4.69) is 16.0 Å². The van der Waals surface area contributed by atoms with E-state index in [9.17, 15) is 43.5 Å². The van der Waals surface area contributed by atoms with Gasteiger partial charge in [0.25, 0.3) is 5.91 Å². The van der Waals surface area contributed by atoms with Gasteiger partial charge in [-0.25, -0.2) is 4.79 Å². The third-order valence-corrected chi connectivity index (χ3v) is 14.0. The highest BCUT2D eigenvalue weighted by Crippen LogP contribution is 2.25. The number of benzene rings is 2. The lowest BCUT2D eigenvalue weighted by Gasteiger charge is -2.38. The van der Waals surface area contributed by atoms with Crippen molar-refractivity contribution in [2.24, 2.45) is 17.8 Å². The van der Waals surface area contributed by atoms with Crippen LogP contribution in [0.4, 0.5) is 0 Å². The normalized spacial score (nSPS) is 25.5. The van der Waals surface area contributed by atoms with Crippen molar-refractivity contribution in [2.45, 2.75) is 148 Å². The van der Waals surface area contributed by atoms with Crippen molar-refractivity contribution < 1.29 is 53.0 Å². The number of fused-ring (bicyclic) bond motifs is 1. The van der Waals surface area contributed by atoms with E-state index in [0.717, 1.165) is 20.3 Å². The topological polar surface area (TPSA) is 235 Å². The van der Waals surface area contributed by atoms with Crippen molar-refractivity contribution in [1.82, 2.24) is 40.4 Å². The van der Waals surface area contributed by atoms with Gasteiger partial charge in [0.15, 0.2) is 12.1 Å². The molecule has 8 amide bonds. The fourth-order valence-electron chi connectivity index (χ4n) is 9.42. The molecule has 0 aromatic heterocycles. The largest absolute Gasteiger partial charge is 0.450 e. The lowest BCUT2D eigenvalue weighted by Crippen LogP contribution is -2.61. The monoisotopic (exact) mass is 1020 g/mol. The molecule has 2 heterocycles. The van der Waals surface area contributed by atoms with Crippen LogP contribution in [0.3, 0.4) is 0 Å². The fraction of sp³-hybridized carbons (Fsp3) is 0.611. The van der Waals surface area contributed by atoms with Gasteiger partial charge in [0.2, 0.25) is 41.4 Å². The number of amides is 8. The summed E-state index contributed by atoms with van der Waals surface area (Å²) in [6.45, 7) is 12.4. The first-order valence-corrected chi connectivity index (χ1v) is 25.5. The molecule has 19 heteroatoms. The van der Waals surface area contributed by atoms with Gasteiger partial charge in [0.1, 0.15) is 30.2 Å². The lowest BCUT2D eigenvalue weighted by molar-refractivity contribution is -0.176. The van der Waals surface area contributed by atoms with Crippen LogP contribution in [0, 0.1) is 17.8 Å². The zero-order chi connectivity index (χ0) is 54.5. The molecule has 2 aliphatic heterocycles. The molecule has 19 nitrogen and oxygen atoms in total. The summed E-state index contributed by atoms with van der Waals surface area (Å²) in [5.41, 5.74) is -0.525. The van der Waals surface area contributed by atoms with Crippen molar-refractivity contribution in [3.8, 4) is 0 Å². The maximum absolute atomic E-state index is 15.0. The number of carbonyl (C=O) groups excluding carboxylic acids is 9. The summed E-state index contributed by atoms with van der Waals surface area (Å²) in [4.78, 5) is 136. The molecule has 5 unspecified atom stereocenters. The van der Waals surface area contributed by atoms with E-state index in [1.54, 1.807) is 51.1 Å². The van der Waals surface area contributed by atoms with E-state index in [1.165, 1.54) is 51.8 Å². The molecule has 0 radical (unpaired) electrons. The predicted molar refractivity (Wildman–Crippen MR) is 274 cm³/mol. The second-order valence-electron chi connectivity index (χ2n) is 20.9. The quantitative estimate of drug-likeness (QED) is 0.239. The maximum Gasteiger partial charge on any atom is 0.332 e. The number of ether oxygens (including phenoxy) is 1. The van der Waals surface area contributed by atoms with Gasteiger partial charge in [0, 0.05) is 53.5 Å². The minimum absolute atomic E-state index is 0.00467. The average Bonchev–Trinajstić information content (AvgIpc) is 3.84. The van der Waals surface area contributed by atoms with Gasteiger partial charge >= 0.3 is 5.97 Å². The molecule has 0 spiro atoms. The van der Waals surface area contributed by atoms with Gasteiger partial charge in [-0.3, -0.25) is 38.4 Å². The van der Waals surface area contributed by atoms with Gasteiger partial charge in [-0.1, -0.05) is 109 Å². The highest BCUT2D eigenvalue weighted by atomic mass is 16.6. The van der Waals surface area contributed by atoms with Crippen molar-refractivity contribution in [1.29, 1.82) is 0 Å². The molecule has 4 N–H and O–H groups in total. The number of rotatable bonds is 11. The van der Waals surface area contributed by atoms with Crippen molar-refractivity contribution in [3.05, 3.63) is 71.8 Å². The lowest BCUT2D eigenvalue weighted by atomic mass is 9.95. The summed E-state index contributed by atoms with van der Waals surface area (Å²) in [6, 6.07) is 10.6. The maximum atomic E-state index is 15.0. The first kappa shape index (κ1) is 59.2. The van der Waals surface area contributed by atoms with E-state index in [-0.39, 0.29) is 38.1 Å². The van der Waals surface area contributed by atoms with E-state index < -0.39 is 126 Å². The smallest absolute Gasteiger partial charge is 0.332 e. The molecule has 402 valence electrons. The fourth-order valence-corrected chi connectivity index (χ4v) is 9.42. The summed E-state index contributed by atoms with van der Waals surface area (Å²) < 4.78 is 5.92. The second-order valence-corrected chi connectivity index (χ2v) is 20.9. The molecule has 2 aliphatic rings. The molecule has 0 aliphatic carbocycles. The van der Waals surface area contributed by atoms with Crippen molar-refractivity contribution >= 4 is 53.2 Å². The van der Waals surface area contributed by atoms with Gasteiger partial charge in [-0.05, 0) is 62.5 Å². The SMILES string of the molecule is CCC(C)[C@@H]1NC(=O)[C@@H]2CCCN2C(=O)[C@H](Cc2ccccc2)N(C)C(=O)C(Cc2ccccc2)NC(=O)CN(C)C(=O)C([C@H](C)CC)OC(=O)C(C(C)(C)O)N(C)C(=O)C(CC(C)C)NC(=O)CN(C)C1=O. The summed E-state index contributed by atoms with van der Waals surface area (Å²) >= 11 is 0. The third-order valence-electron chi connectivity index (χ3n) is 14.0. The van der Waals surface area contributed by atoms with Crippen LogP contribution in [0.2, 0.25) is 0 Å². The number of cyclic esters (lactones) is 1. The van der Waals surface area contributed by atoms with Gasteiger partial charge < -0.3 is 50.3 Å². The van der Waals surface area contributed by atoms with Crippen molar-refractivity contribution in [2.75, 3.05) is 47.8 Å². The van der Waals surface area contributed by atoms with Crippen LogP contribution in [-0.2, 0) is 60.7 Å². The molecule has 4 rings (SSSR count).